The number of hydrogen-bond acceptors (Lipinski definition) is 6. The average molecular weight is 491 g/mol. The minimum absolute atomic E-state index is 0.155. The fourth-order valence-corrected chi connectivity index (χ4v) is 5.84. The third-order valence-electron chi connectivity index (χ3n) is 6.82. The lowest BCUT2D eigenvalue weighted by Crippen LogP contribution is -2.50. The van der Waals surface area contributed by atoms with E-state index in [2.05, 4.69) is 22.3 Å². The van der Waals surface area contributed by atoms with E-state index in [0.717, 1.165) is 59.9 Å². The first kappa shape index (κ1) is 23.4. The molecule has 1 fully saturated rings. The summed E-state index contributed by atoms with van der Waals surface area (Å²) >= 11 is 1.50. The Morgan fingerprint density at radius 3 is 2.43 bits per heavy atom. The quantitative estimate of drug-likeness (QED) is 0.571. The smallest absolute Gasteiger partial charge is 0.257 e. The zero-order chi connectivity index (χ0) is 24.4. The number of carbonyl (C=O) groups excluding carboxylic acids is 2. The highest BCUT2D eigenvalue weighted by Crippen LogP contribution is 2.38. The van der Waals surface area contributed by atoms with Gasteiger partial charge in [-0.15, -0.1) is 11.3 Å². The molecule has 0 bridgehead atoms. The molecule has 2 aromatic carbocycles. The lowest BCUT2D eigenvalue weighted by molar-refractivity contribution is -0.133. The van der Waals surface area contributed by atoms with Gasteiger partial charge in [0.25, 0.3) is 5.91 Å². The number of nitrogens with one attached hydrogen (secondary N) is 1. The van der Waals surface area contributed by atoms with Gasteiger partial charge in [-0.3, -0.25) is 14.9 Å². The molecule has 7 nitrogen and oxygen atoms in total. The summed E-state index contributed by atoms with van der Waals surface area (Å²) in [6, 6.07) is 15.5. The standard InChI is InChI=1S/C27H30N4O3S/c1-18-6-8-19(9-7-18)25(32)29-27-28-24-22(4-3-5-23(24)35-27)26(33)31-16-14-30(15-17-31)20-10-12-21(34-2)13-11-20/h6-13,22H,3-5,14-17H2,1-2H3,(H,28,29,32). The van der Waals surface area contributed by atoms with Crippen molar-refractivity contribution in [3.05, 3.63) is 70.2 Å². The van der Waals surface area contributed by atoms with Crippen molar-refractivity contribution in [3.8, 4) is 5.75 Å². The number of fused-ring (bicyclic) bond motifs is 1. The lowest BCUT2D eigenvalue weighted by atomic mass is 9.89. The fraction of sp³-hybridized carbons (Fsp3) is 0.370. The van der Waals surface area contributed by atoms with Crippen LogP contribution in [-0.4, -0.2) is 55.0 Å². The van der Waals surface area contributed by atoms with E-state index in [-0.39, 0.29) is 17.7 Å². The molecular weight excluding hydrogens is 460 g/mol. The minimum Gasteiger partial charge on any atom is -0.497 e. The Bertz CT molecular complexity index is 1200. The molecule has 0 radical (unpaired) electrons. The van der Waals surface area contributed by atoms with Crippen LogP contribution < -0.4 is 15.0 Å². The third-order valence-corrected chi connectivity index (χ3v) is 7.86. The second kappa shape index (κ2) is 10.1. The molecule has 35 heavy (non-hydrogen) atoms. The van der Waals surface area contributed by atoms with Crippen molar-refractivity contribution in [1.29, 1.82) is 0 Å². The maximum atomic E-state index is 13.5. The van der Waals surface area contributed by atoms with Crippen LogP contribution >= 0.6 is 11.3 Å². The van der Waals surface area contributed by atoms with Crippen LogP contribution in [0.4, 0.5) is 10.8 Å². The fourth-order valence-electron chi connectivity index (χ4n) is 4.78. The van der Waals surface area contributed by atoms with Gasteiger partial charge in [0.2, 0.25) is 5.91 Å². The Hall–Kier alpha value is -3.39. The van der Waals surface area contributed by atoms with Gasteiger partial charge < -0.3 is 14.5 Å². The molecule has 1 aliphatic carbocycles. The molecule has 2 heterocycles. The van der Waals surface area contributed by atoms with Crippen LogP contribution in [-0.2, 0) is 11.2 Å². The first-order valence-electron chi connectivity index (χ1n) is 12.1. The number of rotatable bonds is 5. The maximum Gasteiger partial charge on any atom is 0.257 e. The number of anilines is 2. The van der Waals surface area contributed by atoms with Gasteiger partial charge in [0, 0.05) is 42.3 Å². The number of methoxy groups -OCH3 is 1. The van der Waals surface area contributed by atoms with E-state index >= 15 is 0 Å². The van der Waals surface area contributed by atoms with Gasteiger partial charge >= 0.3 is 0 Å². The summed E-state index contributed by atoms with van der Waals surface area (Å²) in [4.78, 5) is 36.3. The molecule has 8 heteroatoms. The zero-order valence-electron chi connectivity index (χ0n) is 20.1. The summed E-state index contributed by atoms with van der Waals surface area (Å²) < 4.78 is 5.25. The van der Waals surface area contributed by atoms with E-state index in [9.17, 15) is 9.59 Å². The molecule has 182 valence electrons. The SMILES string of the molecule is COc1ccc(N2CCN(C(=O)C3CCCc4sc(NC(=O)c5ccc(C)cc5)nc43)CC2)cc1. The number of thiazole rings is 1. The maximum absolute atomic E-state index is 13.5. The number of aromatic nitrogens is 1. The highest BCUT2D eigenvalue weighted by Gasteiger charge is 2.34. The third kappa shape index (κ3) is 5.03. The molecule has 1 aliphatic heterocycles. The number of benzene rings is 2. The molecule has 0 saturated carbocycles. The molecular formula is C27H30N4O3S. The number of amides is 2. The second-order valence-corrected chi connectivity index (χ2v) is 10.2. The van der Waals surface area contributed by atoms with Crippen molar-refractivity contribution >= 4 is 34.0 Å². The second-order valence-electron chi connectivity index (χ2n) is 9.10. The molecule has 1 unspecified atom stereocenters. The summed E-state index contributed by atoms with van der Waals surface area (Å²) in [5.74, 6) is 0.594. The van der Waals surface area contributed by atoms with E-state index < -0.39 is 0 Å². The normalized spacial score (nSPS) is 17.6. The van der Waals surface area contributed by atoms with Crippen molar-refractivity contribution in [2.24, 2.45) is 0 Å². The van der Waals surface area contributed by atoms with Crippen molar-refractivity contribution in [3.63, 3.8) is 0 Å². The van der Waals surface area contributed by atoms with Gasteiger partial charge in [-0.2, -0.15) is 0 Å². The van der Waals surface area contributed by atoms with Crippen molar-refractivity contribution in [1.82, 2.24) is 9.88 Å². The van der Waals surface area contributed by atoms with E-state index in [1.54, 1.807) is 7.11 Å². The van der Waals surface area contributed by atoms with Crippen molar-refractivity contribution < 1.29 is 14.3 Å². The highest BCUT2D eigenvalue weighted by atomic mass is 32.1. The zero-order valence-corrected chi connectivity index (χ0v) is 20.9. The van der Waals surface area contributed by atoms with Crippen LogP contribution in [0, 0.1) is 6.92 Å². The first-order chi connectivity index (χ1) is 17.0. The van der Waals surface area contributed by atoms with Gasteiger partial charge in [-0.1, -0.05) is 17.7 Å². The Kier molecular flexibility index (Phi) is 6.72. The number of piperazine rings is 1. The average Bonchev–Trinajstić information content (AvgIpc) is 3.31. The topological polar surface area (TPSA) is 74.8 Å². The van der Waals surface area contributed by atoms with Crippen LogP contribution in [0.3, 0.4) is 0 Å². The Balaban J connectivity index is 1.23. The summed E-state index contributed by atoms with van der Waals surface area (Å²) in [6.45, 7) is 4.97. The van der Waals surface area contributed by atoms with Crippen LogP contribution in [0.15, 0.2) is 48.5 Å². The molecule has 5 rings (SSSR count). The number of ether oxygens (including phenoxy) is 1. The predicted molar refractivity (Wildman–Crippen MR) is 139 cm³/mol. The number of aryl methyl sites for hydroxylation is 2. The lowest BCUT2D eigenvalue weighted by Gasteiger charge is -2.38. The van der Waals surface area contributed by atoms with Crippen LogP contribution in [0.25, 0.3) is 0 Å². The van der Waals surface area contributed by atoms with Gasteiger partial charge in [0.05, 0.1) is 18.7 Å². The molecule has 2 aliphatic rings. The largest absolute Gasteiger partial charge is 0.497 e. The number of carbonyl (C=O) groups is 2. The molecule has 0 spiro atoms. The van der Waals surface area contributed by atoms with E-state index in [4.69, 9.17) is 9.72 Å². The first-order valence-corrected chi connectivity index (χ1v) is 12.9. The number of nitrogens with zero attached hydrogens (tertiary/aromatic N) is 3. The van der Waals surface area contributed by atoms with Crippen molar-refractivity contribution in [2.75, 3.05) is 43.5 Å². The van der Waals surface area contributed by atoms with Gasteiger partial charge in [-0.25, -0.2) is 4.98 Å². The van der Waals surface area contributed by atoms with Gasteiger partial charge in [0.1, 0.15) is 5.75 Å². The summed E-state index contributed by atoms with van der Waals surface area (Å²) in [6.07, 6.45) is 2.67. The Labute approximate surface area is 209 Å². The monoisotopic (exact) mass is 490 g/mol. The summed E-state index contributed by atoms with van der Waals surface area (Å²) in [5.41, 5.74) is 3.71. The highest BCUT2D eigenvalue weighted by molar-refractivity contribution is 7.16. The number of hydrogen-bond donors (Lipinski definition) is 1. The molecule has 3 aromatic rings. The molecule has 1 saturated heterocycles. The molecule has 1 aromatic heterocycles. The van der Waals surface area contributed by atoms with E-state index in [1.807, 2.05) is 48.2 Å². The van der Waals surface area contributed by atoms with Crippen LogP contribution in [0.1, 0.15) is 45.3 Å². The minimum atomic E-state index is -0.229. The van der Waals surface area contributed by atoms with Crippen LogP contribution in [0.5, 0.6) is 5.75 Å². The summed E-state index contributed by atoms with van der Waals surface area (Å²) in [5, 5.41) is 3.51. The Morgan fingerprint density at radius 1 is 1.03 bits per heavy atom. The van der Waals surface area contributed by atoms with E-state index in [0.29, 0.717) is 23.8 Å². The molecule has 1 atom stereocenters. The Morgan fingerprint density at radius 2 is 1.74 bits per heavy atom. The van der Waals surface area contributed by atoms with Gasteiger partial charge in [0.15, 0.2) is 5.13 Å². The molecule has 1 N–H and O–H groups in total. The summed E-state index contributed by atoms with van der Waals surface area (Å²) in [7, 11) is 1.67. The van der Waals surface area contributed by atoms with E-state index in [1.165, 1.54) is 11.3 Å². The molecule has 2 amide bonds. The van der Waals surface area contributed by atoms with Crippen molar-refractivity contribution in [2.45, 2.75) is 32.1 Å². The predicted octanol–water partition coefficient (Wildman–Crippen LogP) is 4.48. The van der Waals surface area contributed by atoms with Crippen LogP contribution in [0.2, 0.25) is 0 Å². The van der Waals surface area contributed by atoms with Gasteiger partial charge in [-0.05, 0) is 62.6 Å².